The molecule has 4 rings (SSSR count). The first kappa shape index (κ1) is 18.6. The van der Waals surface area contributed by atoms with Crippen LogP contribution in [0.3, 0.4) is 0 Å². The van der Waals surface area contributed by atoms with Crippen LogP contribution in [-0.4, -0.2) is 22.6 Å². The number of nitrogen functional groups attached to an aromatic ring is 1. The highest BCUT2D eigenvalue weighted by Crippen LogP contribution is 2.40. The summed E-state index contributed by atoms with van der Waals surface area (Å²) in [7, 11) is 0. The fraction of sp³-hybridized carbons (Fsp3) is 0.263. The van der Waals surface area contributed by atoms with Crippen LogP contribution in [0.4, 0.5) is 24.7 Å². The van der Waals surface area contributed by atoms with E-state index in [0.717, 1.165) is 6.42 Å². The molecule has 1 fully saturated rings. The molecule has 3 heterocycles. The fourth-order valence-corrected chi connectivity index (χ4v) is 3.81. The molecular weight excluding hydrogens is 393 g/mol. The van der Waals surface area contributed by atoms with Crippen molar-refractivity contribution in [1.82, 2.24) is 9.55 Å². The molecule has 0 unspecified atom stereocenters. The summed E-state index contributed by atoms with van der Waals surface area (Å²) in [5.74, 6) is -3.40. The quantitative estimate of drug-likeness (QED) is 0.699. The van der Waals surface area contributed by atoms with E-state index in [9.17, 15) is 13.6 Å². The van der Waals surface area contributed by atoms with E-state index in [1.165, 1.54) is 24.6 Å². The number of benzene rings is 1. The van der Waals surface area contributed by atoms with Crippen LogP contribution in [0.1, 0.15) is 17.5 Å². The van der Waals surface area contributed by atoms with Crippen molar-refractivity contribution in [1.29, 1.82) is 0 Å². The van der Waals surface area contributed by atoms with Crippen LogP contribution in [0.5, 0.6) is 0 Å². The number of halogens is 4. The summed E-state index contributed by atoms with van der Waals surface area (Å²) in [6.07, 6.45) is 2.23. The fourth-order valence-electron chi connectivity index (χ4n) is 3.43. The van der Waals surface area contributed by atoms with Gasteiger partial charge in [-0.3, -0.25) is 9.36 Å². The van der Waals surface area contributed by atoms with E-state index in [2.05, 4.69) is 4.98 Å². The Kier molecular flexibility index (Phi) is 4.26. The van der Waals surface area contributed by atoms with Crippen molar-refractivity contribution in [3.05, 3.63) is 56.1 Å². The predicted octanol–water partition coefficient (Wildman–Crippen LogP) is 3.87. The minimum absolute atomic E-state index is 0.0240. The van der Waals surface area contributed by atoms with Crippen molar-refractivity contribution >= 4 is 34.0 Å². The first-order valence-corrected chi connectivity index (χ1v) is 9.00. The summed E-state index contributed by atoms with van der Waals surface area (Å²) < 4.78 is 44.4. The monoisotopic (exact) mass is 408 g/mol. The van der Waals surface area contributed by atoms with Crippen molar-refractivity contribution in [3.8, 4) is 5.82 Å². The van der Waals surface area contributed by atoms with Gasteiger partial charge in [0.2, 0.25) is 0 Å². The molecule has 28 heavy (non-hydrogen) atoms. The number of nitrogens with zero attached hydrogens (tertiary/aromatic N) is 3. The van der Waals surface area contributed by atoms with Gasteiger partial charge in [-0.25, -0.2) is 18.2 Å². The van der Waals surface area contributed by atoms with Crippen molar-refractivity contribution in [2.24, 2.45) is 0 Å². The molecule has 0 spiro atoms. The van der Waals surface area contributed by atoms with Gasteiger partial charge in [-0.05, 0) is 20.3 Å². The maximum atomic E-state index is 15.1. The van der Waals surface area contributed by atoms with Crippen LogP contribution in [0.2, 0.25) is 5.02 Å². The second-order valence-corrected chi connectivity index (χ2v) is 7.22. The normalized spacial score (nSPS) is 13.9. The number of rotatable bonds is 2. The smallest absolute Gasteiger partial charge is 0.192 e. The van der Waals surface area contributed by atoms with Gasteiger partial charge in [-0.1, -0.05) is 11.6 Å². The van der Waals surface area contributed by atoms with Crippen LogP contribution >= 0.6 is 11.6 Å². The molecule has 5 nitrogen and oxygen atoms in total. The Hall–Kier alpha value is -2.74. The highest BCUT2D eigenvalue weighted by atomic mass is 35.5. The molecule has 0 radical (unpaired) electrons. The molecule has 0 saturated carbocycles. The Bertz CT molecular complexity index is 1200. The van der Waals surface area contributed by atoms with Crippen LogP contribution in [0, 0.1) is 31.3 Å². The maximum Gasteiger partial charge on any atom is 0.192 e. The molecule has 1 aliphatic rings. The summed E-state index contributed by atoms with van der Waals surface area (Å²) >= 11 is 6.53. The average Bonchev–Trinajstić information content (AvgIpc) is 2.60. The number of fused-ring (bicyclic) bond motifs is 1. The second kappa shape index (κ2) is 6.41. The highest BCUT2D eigenvalue weighted by molar-refractivity contribution is 6.38. The lowest BCUT2D eigenvalue weighted by Gasteiger charge is -2.35. The SMILES string of the molecule is Cc1cn(-c2nc(N)c(F)cc2F)c2c(Cl)c(N3CCC3)c(F)c(C)c2c1=O. The Morgan fingerprint density at radius 1 is 1.18 bits per heavy atom. The van der Waals surface area contributed by atoms with Gasteiger partial charge in [0.25, 0.3) is 0 Å². The zero-order valence-corrected chi connectivity index (χ0v) is 15.9. The third-order valence-corrected chi connectivity index (χ3v) is 5.41. The Labute approximate surface area is 163 Å². The number of hydrogen-bond donors (Lipinski definition) is 1. The molecular formula is C19H16ClF3N4O. The van der Waals surface area contributed by atoms with Crippen LogP contribution in [-0.2, 0) is 0 Å². The van der Waals surface area contributed by atoms with Gasteiger partial charge in [0.1, 0.15) is 0 Å². The molecule has 2 N–H and O–H groups in total. The molecule has 1 aliphatic heterocycles. The Morgan fingerprint density at radius 2 is 1.86 bits per heavy atom. The van der Waals surface area contributed by atoms with Crippen LogP contribution in [0.25, 0.3) is 16.7 Å². The van der Waals surface area contributed by atoms with E-state index in [-0.39, 0.29) is 38.6 Å². The minimum atomic E-state index is -1.00. The van der Waals surface area contributed by atoms with Crippen molar-refractivity contribution in [2.75, 3.05) is 23.7 Å². The molecule has 0 aliphatic carbocycles. The zero-order chi connectivity index (χ0) is 20.3. The van der Waals surface area contributed by atoms with Gasteiger partial charge < -0.3 is 10.6 Å². The van der Waals surface area contributed by atoms with E-state index in [4.69, 9.17) is 17.3 Å². The molecule has 9 heteroatoms. The van der Waals surface area contributed by atoms with Gasteiger partial charge in [-0.2, -0.15) is 0 Å². The molecule has 2 aromatic heterocycles. The molecule has 0 atom stereocenters. The highest BCUT2D eigenvalue weighted by Gasteiger charge is 2.28. The van der Waals surface area contributed by atoms with Crippen LogP contribution in [0.15, 0.2) is 17.1 Å². The largest absolute Gasteiger partial charge is 0.381 e. The van der Waals surface area contributed by atoms with Gasteiger partial charge in [-0.15, -0.1) is 0 Å². The van der Waals surface area contributed by atoms with Crippen molar-refractivity contribution in [2.45, 2.75) is 20.3 Å². The number of nitrogens with two attached hydrogens (primary N) is 1. The van der Waals surface area contributed by atoms with Crippen molar-refractivity contribution < 1.29 is 13.2 Å². The third-order valence-electron chi connectivity index (χ3n) is 5.05. The standard InChI is InChI=1S/C19H16ClF3N4O/c1-8-7-27(19-11(22)6-10(21)18(24)25-19)15-12(17(8)28)9(2)14(23)16(13(15)20)26-4-3-5-26/h6-7H,3-5H2,1-2H3,(H2,24,25). The lowest BCUT2D eigenvalue weighted by atomic mass is 10.0. The molecule has 0 amide bonds. The van der Waals surface area contributed by atoms with Crippen molar-refractivity contribution in [3.63, 3.8) is 0 Å². The third kappa shape index (κ3) is 2.55. The summed E-state index contributed by atoms with van der Waals surface area (Å²) in [5, 5.41) is -0.00475. The number of aromatic nitrogens is 2. The topological polar surface area (TPSA) is 64.2 Å². The van der Waals surface area contributed by atoms with Gasteiger partial charge in [0, 0.05) is 36.5 Å². The zero-order valence-electron chi connectivity index (χ0n) is 15.1. The minimum Gasteiger partial charge on any atom is -0.381 e. The van der Waals surface area contributed by atoms with E-state index in [1.807, 2.05) is 0 Å². The Morgan fingerprint density at radius 3 is 2.46 bits per heavy atom. The molecule has 146 valence electrons. The Balaban J connectivity index is 2.19. The van der Waals surface area contributed by atoms with Crippen LogP contribution < -0.4 is 16.1 Å². The number of pyridine rings is 2. The predicted molar refractivity (Wildman–Crippen MR) is 103 cm³/mol. The molecule has 1 saturated heterocycles. The molecule has 1 aromatic carbocycles. The van der Waals surface area contributed by atoms with E-state index in [0.29, 0.717) is 19.2 Å². The number of hydrogen-bond acceptors (Lipinski definition) is 4. The van der Waals surface area contributed by atoms with E-state index < -0.39 is 28.7 Å². The average molecular weight is 409 g/mol. The number of anilines is 2. The lowest BCUT2D eigenvalue weighted by molar-refractivity contribution is 0.568. The first-order valence-electron chi connectivity index (χ1n) is 8.62. The summed E-state index contributed by atoms with van der Waals surface area (Å²) in [6.45, 7) is 4.23. The second-order valence-electron chi connectivity index (χ2n) is 6.84. The maximum absolute atomic E-state index is 15.1. The summed E-state index contributed by atoms with van der Waals surface area (Å²) in [5.41, 5.74) is 5.69. The first-order chi connectivity index (χ1) is 13.2. The lowest BCUT2D eigenvalue weighted by Crippen LogP contribution is -2.38. The van der Waals surface area contributed by atoms with E-state index >= 15 is 4.39 Å². The summed E-state index contributed by atoms with van der Waals surface area (Å²) in [4.78, 5) is 18.3. The van der Waals surface area contributed by atoms with Gasteiger partial charge >= 0.3 is 0 Å². The van der Waals surface area contributed by atoms with E-state index in [1.54, 1.807) is 4.90 Å². The molecule has 3 aromatic rings. The molecule has 0 bridgehead atoms. The van der Waals surface area contributed by atoms with Gasteiger partial charge in [0.05, 0.1) is 21.6 Å². The number of aryl methyl sites for hydroxylation is 2. The van der Waals surface area contributed by atoms with Gasteiger partial charge in [0.15, 0.2) is 34.5 Å². The summed E-state index contributed by atoms with van der Waals surface area (Å²) in [6, 6.07) is 0.609.